The van der Waals surface area contributed by atoms with Crippen molar-refractivity contribution in [2.24, 2.45) is 0 Å². The number of hydrogen-bond donors (Lipinski definition) is 0. The van der Waals surface area contributed by atoms with Gasteiger partial charge in [0.1, 0.15) is 0 Å². The zero-order valence-electron chi connectivity index (χ0n) is 7.82. The largest absolute Gasteiger partial charge is 0.227 e. The van der Waals surface area contributed by atoms with Gasteiger partial charge in [0.15, 0.2) is 0 Å². The number of benzene rings is 1. The molecule has 76 valence electrons. The highest BCUT2D eigenvalue weighted by Gasteiger charge is 1.99. The summed E-state index contributed by atoms with van der Waals surface area (Å²) < 4.78 is 1.08. The van der Waals surface area contributed by atoms with Crippen molar-refractivity contribution in [2.75, 3.05) is 0 Å². The minimum atomic E-state index is 0.296. The first kappa shape index (κ1) is 10.6. The second-order valence-electron chi connectivity index (χ2n) is 3.12. The molecule has 0 saturated carbocycles. The molecule has 2 rings (SSSR count). The molecule has 1 aromatic heterocycles. The minimum Gasteiger partial charge on any atom is -0.227 e. The lowest BCUT2D eigenvalue weighted by molar-refractivity contribution is 1.03. The first-order chi connectivity index (χ1) is 7.24. The van der Waals surface area contributed by atoms with Crippen LogP contribution >= 0.6 is 27.5 Å². The number of halogens is 2. The third-order valence-electron chi connectivity index (χ3n) is 1.98. The van der Waals surface area contributed by atoms with E-state index < -0.39 is 0 Å². The first-order valence-corrected chi connectivity index (χ1v) is 5.63. The van der Waals surface area contributed by atoms with E-state index >= 15 is 0 Å². The van der Waals surface area contributed by atoms with Gasteiger partial charge in [0.25, 0.3) is 0 Å². The van der Waals surface area contributed by atoms with Crippen molar-refractivity contribution in [3.63, 3.8) is 0 Å². The van der Waals surface area contributed by atoms with Crippen LogP contribution in [0, 0.1) is 0 Å². The lowest BCUT2D eigenvalue weighted by Crippen LogP contribution is -1.93. The molecular weight excluding hydrogens is 275 g/mol. The van der Waals surface area contributed by atoms with Crippen LogP contribution in [0.3, 0.4) is 0 Å². The fraction of sp³-hybridized carbons (Fsp3) is 0.0909. The van der Waals surface area contributed by atoms with Gasteiger partial charge in [0.2, 0.25) is 5.28 Å². The number of aromatic nitrogens is 2. The Kier molecular flexibility index (Phi) is 3.34. The van der Waals surface area contributed by atoms with Crippen molar-refractivity contribution in [3.8, 4) is 0 Å². The Morgan fingerprint density at radius 3 is 2.53 bits per heavy atom. The highest BCUT2D eigenvalue weighted by Crippen LogP contribution is 2.13. The molecular formula is C11H8BrClN2. The zero-order valence-corrected chi connectivity index (χ0v) is 10.2. The highest BCUT2D eigenvalue weighted by atomic mass is 79.9. The molecule has 0 radical (unpaired) electrons. The molecule has 0 bridgehead atoms. The molecule has 1 heterocycles. The minimum absolute atomic E-state index is 0.296. The molecule has 0 aliphatic heterocycles. The quantitative estimate of drug-likeness (QED) is 0.789. The molecule has 0 fully saturated rings. The number of nitrogens with zero attached hydrogens (tertiary/aromatic N) is 2. The van der Waals surface area contributed by atoms with Gasteiger partial charge >= 0.3 is 0 Å². The Morgan fingerprint density at radius 1 is 1.13 bits per heavy atom. The van der Waals surface area contributed by atoms with Crippen LogP contribution < -0.4 is 0 Å². The summed E-state index contributed by atoms with van der Waals surface area (Å²) in [5.41, 5.74) is 2.13. The molecule has 0 unspecified atom stereocenters. The van der Waals surface area contributed by atoms with E-state index in [-0.39, 0.29) is 0 Å². The fourth-order valence-corrected chi connectivity index (χ4v) is 1.71. The van der Waals surface area contributed by atoms with Crippen molar-refractivity contribution in [2.45, 2.75) is 6.42 Å². The van der Waals surface area contributed by atoms with Crippen LogP contribution in [0.5, 0.6) is 0 Å². The summed E-state index contributed by atoms with van der Waals surface area (Å²) in [6, 6.07) is 10.0. The molecule has 0 spiro atoms. The van der Waals surface area contributed by atoms with Crippen LogP contribution in [0.1, 0.15) is 11.3 Å². The second kappa shape index (κ2) is 4.73. The van der Waals surface area contributed by atoms with Gasteiger partial charge in [-0.3, -0.25) is 0 Å². The Balaban J connectivity index is 2.18. The molecule has 15 heavy (non-hydrogen) atoms. The van der Waals surface area contributed by atoms with Gasteiger partial charge in [-0.05, 0) is 35.4 Å². The summed E-state index contributed by atoms with van der Waals surface area (Å²) >= 11 is 9.10. The summed E-state index contributed by atoms with van der Waals surface area (Å²) in [6.45, 7) is 0. The lowest BCUT2D eigenvalue weighted by Gasteiger charge is -2.01. The van der Waals surface area contributed by atoms with E-state index in [0.29, 0.717) is 5.28 Å². The number of rotatable bonds is 2. The van der Waals surface area contributed by atoms with Crippen LogP contribution in [-0.2, 0) is 6.42 Å². The lowest BCUT2D eigenvalue weighted by atomic mass is 10.1. The average molecular weight is 284 g/mol. The van der Waals surface area contributed by atoms with Gasteiger partial charge < -0.3 is 0 Å². The Morgan fingerprint density at radius 2 is 1.87 bits per heavy atom. The summed E-state index contributed by atoms with van der Waals surface area (Å²) in [7, 11) is 0. The van der Waals surface area contributed by atoms with Gasteiger partial charge in [0.05, 0.1) is 0 Å². The zero-order chi connectivity index (χ0) is 10.7. The average Bonchev–Trinajstić information content (AvgIpc) is 2.22. The molecule has 0 atom stereocenters. The van der Waals surface area contributed by atoms with E-state index in [2.05, 4.69) is 38.0 Å². The van der Waals surface area contributed by atoms with Gasteiger partial charge in [-0.2, -0.15) is 0 Å². The van der Waals surface area contributed by atoms with E-state index in [0.717, 1.165) is 16.6 Å². The summed E-state index contributed by atoms with van der Waals surface area (Å²) in [5, 5.41) is 0.296. The maximum Gasteiger partial charge on any atom is 0.222 e. The molecule has 0 N–H and O–H groups in total. The highest BCUT2D eigenvalue weighted by molar-refractivity contribution is 9.10. The predicted octanol–water partition coefficient (Wildman–Crippen LogP) is 3.48. The first-order valence-electron chi connectivity index (χ1n) is 4.46. The molecule has 0 aliphatic rings. The van der Waals surface area contributed by atoms with Crippen LogP contribution in [0.15, 0.2) is 41.0 Å². The smallest absolute Gasteiger partial charge is 0.222 e. The molecule has 2 nitrogen and oxygen atoms in total. The van der Waals surface area contributed by atoms with Crippen molar-refractivity contribution in [3.05, 3.63) is 57.5 Å². The second-order valence-corrected chi connectivity index (χ2v) is 4.37. The van der Waals surface area contributed by atoms with Crippen LogP contribution in [0.4, 0.5) is 0 Å². The topological polar surface area (TPSA) is 25.8 Å². The molecule has 0 saturated heterocycles. The SMILES string of the molecule is Clc1nccc(Cc2ccc(Br)cc2)n1. The third-order valence-corrected chi connectivity index (χ3v) is 2.69. The fourth-order valence-electron chi connectivity index (χ4n) is 1.28. The molecule has 2 aromatic rings. The van der Waals surface area contributed by atoms with E-state index in [1.807, 2.05) is 18.2 Å². The third kappa shape index (κ3) is 3.01. The Labute approximate surface area is 101 Å². The predicted molar refractivity (Wildman–Crippen MR) is 64.0 cm³/mol. The summed E-state index contributed by atoms with van der Waals surface area (Å²) in [6.07, 6.45) is 2.44. The van der Waals surface area contributed by atoms with Crippen LogP contribution in [0.25, 0.3) is 0 Å². The van der Waals surface area contributed by atoms with Crippen molar-refractivity contribution in [1.29, 1.82) is 0 Å². The Bertz CT molecular complexity index is 456. The maximum atomic E-state index is 5.71. The molecule has 4 heteroatoms. The standard InChI is InChI=1S/C11H8BrClN2/c12-9-3-1-8(2-4-9)7-10-5-6-14-11(13)15-10/h1-6H,7H2. The summed E-state index contributed by atoms with van der Waals surface area (Å²) in [4.78, 5) is 7.98. The van der Waals surface area contributed by atoms with Gasteiger partial charge in [0, 0.05) is 22.8 Å². The Hall–Kier alpha value is -0.930. The monoisotopic (exact) mass is 282 g/mol. The molecule has 1 aromatic carbocycles. The van der Waals surface area contributed by atoms with Crippen molar-refractivity contribution < 1.29 is 0 Å². The van der Waals surface area contributed by atoms with Gasteiger partial charge in [-0.25, -0.2) is 9.97 Å². The van der Waals surface area contributed by atoms with E-state index in [1.165, 1.54) is 5.56 Å². The summed E-state index contributed by atoms with van der Waals surface area (Å²) in [5.74, 6) is 0. The number of hydrogen-bond acceptors (Lipinski definition) is 2. The van der Waals surface area contributed by atoms with Crippen LogP contribution in [-0.4, -0.2) is 9.97 Å². The maximum absolute atomic E-state index is 5.71. The van der Waals surface area contributed by atoms with E-state index in [9.17, 15) is 0 Å². The van der Waals surface area contributed by atoms with Crippen LogP contribution in [0.2, 0.25) is 5.28 Å². The molecule has 0 amide bonds. The van der Waals surface area contributed by atoms with Gasteiger partial charge in [-0.1, -0.05) is 28.1 Å². The van der Waals surface area contributed by atoms with Crippen molar-refractivity contribution >= 4 is 27.5 Å². The van der Waals surface area contributed by atoms with E-state index in [4.69, 9.17) is 11.6 Å². The van der Waals surface area contributed by atoms with Gasteiger partial charge in [-0.15, -0.1) is 0 Å². The van der Waals surface area contributed by atoms with E-state index in [1.54, 1.807) is 6.20 Å². The van der Waals surface area contributed by atoms with Crippen molar-refractivity contribution in [1.82, 2.24) is 9.97 Å². The molecule has 0 aliphatic carbocycles. The normalized spacial score (nSPS) is 10.3.